The summed E-state index contributed by atoms with van der Waals surface area (Å²) in [5, 5.41) is 3.10. The first kappa shape index (κ1) is 11.9. The van der Waals surface area contributed by atoms with Crippen molar-refractivity contribution < 1.29 is 4.39 Å². The summed E-state index contributed by atoms with van der Waals surface area (Å²) >= 11 is 0. The number of rotatable bonds is 4. The van der Waals surface area contributed by atoms with Crippen LogP contribution in [0.2, 0.25) is 0 Å². The van der Waals surface area contributed by atoms with Crippen LogP contribution in [0.5, 0.6) is 0 Å². The lowest BCUT2D eigenvalue weighted by Crippen LogP contribution is -2.29. The van der Waals surface area contributed by atoms with Gasteiger partial charge in [-0.05, 0) is 11.3 Å². The Morgan fingerprint density at radius 1 is 1.33 bits per heavy atom. The zero-order valence-corrected chi connectivity index (χ0v) is 9.71. The minimum absolute atomic E-state index is 0.164. The van der Waals surface area contributed by atoms with Gasteiger partial charge in [-0.3, -0.25) is 0 Å². The summed E-state index contributed by atoms with van der Waals surface area (Å²) < 4.78 is 12.5. The van der Waals surface area contributed by atoms with E-state index in [9.17, 15) is 4.39 Å². The summed E-state index contributed by atoms with van der Waals surface area (Å²) in [7, 11) is 0. The highest BCUT2D eigenvalue weighted by Gasteiger charge is 2.22. The minimum atomic E-state index is -0.413. The molecule has 0 radical (unpaired) electrons. The van der Waals surface area contributed by atoms with E-state index in [0.29, 0.717) is 11.9 Å². The smallest absolute Gasteiger partial charge is 0.222 e. The van der Waals surface area contributed by atoms with E-state index in [1.54, 1.807) is 0 Å². The van der Waals surface area contributed by atoms with Crippen LogP contribution in [0, 0.1) is 17.2 Å². The number of anilines is 1. The molecule has 15 heavy (non-hydrogen) atoms. The molecular weight excluding hydrogens is 193 g/mol. The van der Waals surface area contributed by atoms with Crippen LogP contribution in [0.15, 0.2) is 12.4 Å². The van der Waals surface area contributed by atoms with Crippen LogP contribution < -0.4 is 5.32 Å². The molecule has 0 unspecified atom stereocenters. The molecule has 0 aromatic carbocycles. The van der Waals surface area contributed by atoms with E-state index in [-0.39, 0.29) is 5.41 Å². The van der Waals surface area contributed by atoms with E-state index in [2.05, 4.69) is 43.0 Å². The maximum atomic E-state index is 12.5. The second kappa shape index (κ2) is 4.55. The molecule has 0 saturated heterocycles. The fraction of sp³-hybridized carbons (Fsp3) is 0.636. The van der Waals surface area contributed by atoms with Gasteiger partial charge in [0.25, 0.3) is 0 Å². The lowest BCUT2D eigenvalue weighted by Gasteiger charge is -2.29. The number of nitrogens with one attached hydrogen (secondary N) is 1. The molecule has 3 nitrogen and oxygen atoms in total. The fourth-order valence-electron chi connectivity index (χ4n) is 0.915. The number of hydrogen-bond donors (Lipinski definition) is 1. The molecule has 0 bridgehead atoms. The molecule has 0 atom stereocenters. The van der Waals surface area contributed by atoms with Gasteiger partial charge in [0.05, 0.1) is 12.4 Å². The van der Waals surface area contributed by atoms with E-state index < -0.39 is 5.82 Å². The largest absolute Gasteiger partial charge is 0.354 e. The predicted molar refractivity (Wildman–Crippen MR) is 59.1 cm³/mol. The third-order valence-corrected chi connectivity index (χ3v) is 2.89. The second-order valence-electron chi connectivity index (χ2n) is 4.72. The molecule has 0 aliphatic heterocycles. The van der Waals surface area contributed by atoms with Crippen molar-refractivity contribution in [2.24, 2.45) is 11.3 Å². The first-order chi connectivity index (χ1) is 6.92. The first-order valence-electron chi connectivity index (χ1n) is 5.13. The first-order valence-corrected chi connectivity index (χ1v) is 5.13. The maximum absolute atomic E-state index is 12.5. The highest BCUT2D eigenvalue weighted by Crippen LogP contribution is 2.25. The molecule has 0 aliphatic carbocycles. The molecule has 1 heterocycles. The van der Waals surface area contributed by atoms with E-state index >= 15 is 0 Å². The van der Waals surface area contributed by atoms with Gasteiger partial charge >= 0.3 is 0 Å². The topological polar surface area (TPSA) is 37.8 Å². The van der Waals surface area contributed by atoms with Crippen molar-refractivity contribution in [3.05, 3.63) is 18.2 Å². The summed E-state index contributed by atoms with van der Waals surface area (Å²) in [5.41, 5.74) is 0.164. The molecule has 0 spiro atoms. The molecule has 4 heteroatoms. The zero-order valence-electron chi connectivity index (χ0n) is 9.71. The number of nitrogens with zero attached hydrogens (tertiary/aromatic N) is 2. The van der Waals surface area contributed by atoms with Gasteiger partial charge in [-0.1, -0.05) is 27.7 Å². The molecular formula is C11H18FN3. The van der Waals surface area contributed by atoms with Crippen molar-refractivity contribution >= 4 is 5.95 Å². The summed E-state index contributed by atoms with van der Waals surface area (Å²) in [4.78, 5) is 7.69. The van der Waals surface area contributed by atoms with Gasteiger partial charge in [-0.2, -0.15) is 0 Å². The highest BCUT2D eigenvalue weighted by molar-refractivity contribution is 5.22. The van der Waals surface area contributed by atoms with Gasteiger partial charge in [-0.15, -0.1) is 0 Å². The second-order valence-corrected chi connectivity index (χ2v) is 4.72. The van der Waals surface area contributed by atoms with E-state index in [1.807, 2.05) is 0 Å². The Kier molecular flexibility index (Phi) is 3.61. The Morgan fingerprint density at radius 3 is 2.33 bits per heavy atom. The highest BCUT2D eigenvalue weighted by atomic mass is 19.1. The Labute approximate surface area is 90.1 Å². The van der Waals surface area contributed by atoms with Crippen LogP contribution in [-0.4, -0.2) is 16.5 Å². The van der Waals surface area contributed by atoms with Gasteiger partial charge in [0.2, 0.25) is 5.95 Å². The molecule has 1 rings (SSSR count). The van der Waals surface area contributed by atoms with E-state index in [0.717, 1.165) is 18.9 Å². The average Bonchev–Trinajstić information content (AvgIpc) is 2.17. The molecule has 1 N–H and O–H groups in total. The molecule has 1 aromatic rings. The van der Waals surface area contributed by atoms with E-state index in [1.165, 1.54) is 0 Å². The zero-order chi connectivity index (χ0) is 11.5. The third-order valence-electron chi connectivity index (χ3n) is 2.89. The average molecular weight is 211 g/mol. The van der Waals surface area contributed by atoms with Gasteiger partial charge in [0.1, 0.15) is 0 Å². The Balaban J connectivity index is 2.54. The monoisotopic (exact) mass is 211 g/mol. The SMILES string of the molecule is CC(C)C(C)(C)CNc1ncc(F)cn1. The Hall–Kier alpha value is -1.19. The molecule has 0 fully saturated rings. The number of hydrogen-bond acceptors (Lipinski definition) is 3. The predicted octanol–water partition coefficient (Wildman–Crippen LogP) is 2.71. The van der Waals surface area contributed by atoms with Gasteiger partial charge < -0.3 is 5.32 Å². The lowest BCUT2D eigenvalue weighted by atomic mass is 9.81. The standard InChI is InChI=1S/C11H18FN3/c1-8(2)11(3,4)7-15-10-13-5-9(12)6-14-10/h5-6,8H,7H2,1-4H3,(H,13,14,15). The van der Waals surface area contributed by atoms with Crippen molar-refractivity contribution in [1.82, 2.24) is 9.97 Å². The van der Waals surface area contributed by atoms with Gasteiger partial charge in [0.15, 0.2) is 5.82 Å². The summed E-state index contributed by atoms with van der Waals surface area (Å²) in [6.07, 6.45) is 2.33. The van der Waals surface area contributed by atoms with Crippen molar-refractivity contribution in [2.75, 3.05) is 11.9 Å². The fourth-order valence-corrected chi connectivity index (χ4v) is 0.915. The number of halogens is 1. The van der Waals surface area contributed by atoms with Crippen LogP contribution in [0.1, 0.15) is 27.7 Å². The summed E-state index contributed by atoms with van der Waals surface area (Å²) in [6.45, 7) is 9.47. The maximum Gasteiger partial charge on any atom is 0.222 e. The van der Waals surface area contributed by atoms with Gasteiger partial charge in [0, 0.05) is 6.54 Å². The minimum Gasteiger partial charge on any atom is -0.354 e. The lowest BCUT2D eigenvalue weighted by molar-refractivity contribution is 0.269. The van der Waals surface area contributed by atoms with E-state index in [4.69, 9.17) is 0 Å². The Bertz CT molecular complexity index is 306. The van der Waals surface area contributed by atoms with Crippen molar-refractivity contribution in [3.8, 4) is 0 Å². The van der Waals surface area contributed by atoms with Crippen LogP contribution >= 0.6 is 0 Å². The quantitative estimate of drug-likeness (QED) is 0.832. The van der Waals surface area contributed by atoms with Crippen LogP contribution in [0.3, 0.4) is 0 Å². The van der Waals surface area contributed by atoms with Crippen molar-refractivity contribution in [1.29, 1.82) is 0 Å². The molecule has 84 valence electrons. The molecule has 0 amide bonds. The molecule has 0 saturated carbocycles. The summed E-state index contributed by atoms with van der Waals surface area (Å²) in [5.74, 6) is 0.624. The van der Waals surface area contributed by atoms with Crippen LogP contribution in [0.4, 0.5) is 10.3 Å². The van der Waals surface area contributed by atoms with Crippen LogP contribution in [-0.2, 0) is 0 Å². The molecule has 1 aromatic heterocycles. The van der Waals surface area contributed by atoms with Gasteiger partial charge in [-0.25, -0.2) is 14.4 Å². The normalized spacial score (nSPS) is 11.9. The Morgan fingerprint density at radius 2 is 1.87 bits per heavy atom. The third kappa shape index (κ3) is 3.46. The number of aromatic nitrogens is 2. The summed E-state index contributed by atoms with van der Waals surface area (Å²) in [6, 6.07) is 0. The van der Waals surface area contributed by atoms with Crippen LogP contribution in [0.25, 0.3) is 0 Å². The van der Waals surface area contributed by atoms with Crippen molar-refractivity contribution in [3.63, 3.8) is 0 Å². The molecule has 0 aliphatic rings. The van der Waals surface area contributed by atoms with Crippen molar-refractivity contribution in [2.45, 2.75) is 27.7 Å².